The molecular formula is C11H17N3O4S. The van der Waals surface area contributed by atoms with Crippen molar-refractivity contribution in [3.8, 4) is 0 Å². The fourth-order valence-corrected chi connectivity index (χ4v) is 3.02. The van der Waals surface area contributed by atoms with Crippen LogP contribution in [0.2, 0.25) is 0 Å². The van der Waals surface area contributed by atoms with Gasteiger partial charge in [0.25, 0.3) is 0 Å². The molecular weight excluding hydrogens is 270 g/mol. The van der Waals surface area contributed by atoms with E-state index in [-0.39, 0.29) is 18.8 Å². The molecule has 1 aliphatic heterocycles. The normalized spacial score (nSPS) is 30.7. The minimum atomic E-state index is -1.04. The number of hydrogen-bond donors (Lipinski definition) is 3. The number of hydrogen-bond acceptors (Lipinski definition) is 7. The molecule has 8 heteroatoms. The van der Waals surface area contributed by atoms with E-state index in [1.807, 2.05) is 6.26 Å². The third kappa shape index (κ3) is 2.62. The number of aliphatic hydroxyl groups excluding tert-OH is 2. The van der Waals surface area contributed by atoms with E-state index < -0.39 is 23.6 Å². The summed E-state index contributed by atoms with van der Waals surface area (Å²) in [4.78, 5) is 15.4. The zero-order chi connectivity index (χ0) is 14.0. The smallest absolute Gasteiger partial charge is 0.351 e. The van der Waals surface area contributed by atoms with Gasteiger partial charge in [0.05, 0.1) is 12.7 Å². The predicted octanol–water partition coefficient (Wildman–Crippen LogP) is -0.801. The summed E-state index contributed by atoms with van der Waals surface area (Å²) in [6.07, 6.45) is 2.09. The van der Waals surface area contributed by atoms with Crippen LogP contribution in [0.1, 0.15) is 12.6 Å². The van der Waals surface area contributed by atoms with E-state index in [1.165, 1.54) is 28.6 Å². The third-order valence-electron chi connectivity index (χ3n) is 3.22. The zero-order valence-corrected chi connectivity index (χ0v) is 11.3. The van der Waals surface area contributed by atoms with Gasteiger partial charge < -0.3 is 20.7 Å². The van der Waals surface area contributed by atoms with Crippen molar-refractivity contribution in [3.05, 3.63) is 22.7 Å². The van der Waals surface area contributed by atoms with Crippen LogP contribution in [-0.2, 0) is 4.74 Å². The topological polar surface area (TPSA) is 111 Å². The van der Waals surface area contributed by atoms with Crippen molar-refractivity contribution < 1.29 is 14.9 Å². The lowest BCUT2D eigenvalue weighted by molar-refractivity contribution is -0.113. The highest BCUT2D eigenvalue weighted by molar-refractivity contribution is 7.98. The first kappa shape index (κ1) is 14.3. The van der Waals surface area contributed by atoms with Crippen LogP contribution in [0.25, 0.3) is 0 Å². The van der Waals surface area contributed by atoms with E-state index in [9.17, 15) is 15.0 Å². The Labute approximate surface area is 114 Å². The molecule has 0 spiro atoms. The average molecular weight is 287 g/mol. The fraction of sp³-hybridized carbons (Fsp3) is 0.636. The van der Waals surface area contributed by atoms with Crippen LogP contribution in [-0.4, -0.2) is 50.1 Å². The molecule has 7 nitrogen and oxygen atoms in total. The molecule has 0 aliphatic carbocycles. The summed E-state index contributed by atoms with van der Waals surface area (Å²) in [5.41, 5.74) is 3.85. The van der Waals surface area contributed by atoms with Gasteiger partial charge in [-0.2, -0.15) is 16.7 Å². The molecule has 0 amide bonds. The largest absolute Gasteiger partial charge is 0.393 e. The highest BCUT2D eigenvalue weighted by Gasteiger charge is 2.48. The number of aromatic nitrogens is 2. The van der Waals surface area contributed by atoms with Gasteiger partial charge in [-0.1, -0.05) is 0 Å². The zero-order valence-electron chi connectivity index (χ0n) is 10.5. The highest BCUT2D eigenvalue weighted by Crippen LogP contribution is 2.37. The molecule has 1 fully saturated rings. The molecule has 1 aliphatic rings. The predicted molar refractivity (Wildman–Crippen MR) is 71.9 cm³/mol. The van der Waals surface area contributed by atoms with Gasteiger partial charge in [-0.25, -0.2) is 4.79 Å². The number of thioether (sulfide) groups is 1. The van der Waals surface area contributed by atoms with Crippen molar-refractivity contribution in [2.45, 2.75) is 24.4 Å². The standard InChI is InChI=1S/C11H17N3O4S/c1-19-6-11(5-15)7(16)4-9(18-11)14-3-2-8(12)13-10(14)17/h2-3,7,9,15-16H,4-6H2,1H3,(H2,12,13,17)/t7-,9+,11-/m0/s1. The Morgan fingerprint density at radius 2 is 2.47 bits per heavy atom. The second kappa shape index (κ2) is 5.49. The molecule has 2 rings (SSSR count). The van der Waals surface area contributed by atoms with E-state index >= 15 is 0 Å². The number of nitrogen functional groups attached to an aromatic ring is 1. The fourth-order valence-electron chi connectivity index (χ4n) is 2.18. The van der Waals surface area contributed by atoms with E-state index in [1.54, 1.807) is 0 Å². The Hall–Kier alpha value is -1.09. The number of nitrogens with two attached hydrogens (primary N) is 1. The second-order valence-electron chi connectivity index (χ2n) is 4.52. The van der Waals surface area contributed by atoms with Gasteiger partial charge in [-0.3, -0.25) is 4.57 Å². The first-order valence-corrected chi connectivity index (χ1v) is 7.22. The van der Waals surface area contributed by atoms with Crippen molar-refractivity contribution in [2.24, 2.45) is 0 Å². The average Bonchev–Trinajstić information content (AvgIpc) is 2.67. The molecule has 19 heavy (non-hydrogen) atoms. The first-order valence-electron chi connectivity index (χ1n) is 5.83. The van der Waals surface area contributed by atoms with Gasteiger partial charge in [-0.15, -0.1) is 0 Å². The van der Waals surface area contributed by atoms with Crippen LogP contribution in [0.4, 0.5) is 5.82 Å². The molecule has 1 aromatic heterocycles. The minimum absolute atomic E-state index is 0.136. The summed E-state index contributed by atoms with van der Waals surface area (Å²) in [5, 5.41) is 19.6. The number of nitrogens with zero attached hydrogens (tertiary/aromatic N) is 2. The lowest BCUT2D eigenvalue weighted by Gasteiger charge is -2.29. The monoisotopic (exact) mass is 287 g/mol. The molecule has 0 aromatic carbocycles. The van der Waals surface area contributed by atoms with Crippen LogP contribution in [0.15, 0.2) is 17.1 Å². The second-order valence-corrected chi connectivity index (χ2v) is 5.39. The summed E-state index contributed by atoms with van der Waals surface area (Å²) >= 11 is 1.46. The van der Waals surface area contributed by atoms with Gasteiger partial charge in [-0.05, 0) is 12.3 Å². The summed E-state index contributed by atoms with van der Waals surface area (Å²) < 4.78 is 6.99. The van der Waals surface area contributed by atoms with E-state index in [4.69, 9.17) is 10.5 Å². The summed E-state index contributed by atoms with van der Waals surface area (Å²) in [7, 11) is 0. The number of anilines is 1. The molecule has 1 aromatic rings. The van der Waals surface area contributed by atoms with Crippen molar-refractivity contribution in [2.75, 3.05) is 24.3 Å². The van der Waals surface area contributed by atoms with Crippen LogP contribution in [0.5, 0.6) is 0 Å². The Morgan fingerprint density at radius 1 is 1.74 bits per heavy atom. The van der Waals surface area contributed by atoms with Gasteiger partial charge in [0, 0.05) is 18.4 Å². The van der Waals surface area contributed by atoms with Crippen molar-refractivity contribution in [1.82, 2.24) is 9.55 Å². The molecule has 2 heterocycles. The summed E-state index contributed by atoms with van der Waals surface area (Å²) in [5.74, 6) is 0.579. The molecule has 0 radical (unpaired) electrons. The SMILES string of the molecule is CSC[C@]1(CO)O[C@@H](n2ccc(N)nc2=O)C[C@@H]1O. The maximum absolute atomic E-state index is 11.7. The molecule has 1 saturated heterocycles. The summed E-state index contributed by atoms with van der Waals surface area (Å²) in [6.45, 7) is -0.303. The minimum Gasteiger partial charge on any atom is -0.393 e. The van der Waals surface area contributed by atoms with Crippen LogP contribution >= 0.6 is 11.8 Å². The Bertz CT molecular complexity index is 509. The number of ether oxygens (including phenoxy) is 1. The Kier molecular flexibility index (Phi) is 4.14. The molecule has 0 saturated carbocycles. The maximum Gasteiger partial charge on any atom is 0.351 e. The highest BCUT2D eigenvalue weighted by atomic mass is 32.2. The van der Waals surface area contributed by atoms with Crippen LogP contribution in [0.3, 0.4) is 0 Å². The first-order chi connectivity index (χ1) is 9.02. The van der Waals surface area contributed by atoms with Crippen LogP contribution < -0.4 is 11.4 Å². The van der Waals surface area contributed by atoms with E-state index in [2.05, 4.69) is 4.98 Å². The van der Waals surface area contributed by atoms with Gasteiger partial charge in [0.2, 0.25) is 0 Å². The number of aliphatic hydroxyl groups is 2. The Morgan fingerprint density at radius 3 is 3.05 bits per heavy atom. The summed E-state index contributed by atoms with van der Waals surface area (Å²) in [6, 6.07) is 1.49. The molecule has 0 unspecified atom stereocenters. The van der Waals surface area contributed by atoms with Gasteiger partial charge in [0.15, 0.2) is 0 Å². The molecule has 3 atom stereocenters. The molecule has 106 valence electrons. The molecule has 4 N–H and O–H groups in total. The van der Waals surface area contributed by atoms with Crippen LogP contribution in [0, 0.1) is 0 Å². The number of rotatable bonds is 4. The maximum atomic E-state index is 11.7. The van der Waals surface area contributed by atoms with E-state index in [0.29, 0.717) is 5.75 Å². The third-order valence-corrected chi connectivity index (χ3v) is 4.00. The Balaban J connectivity index is 2.27. The lowest BCUT2D eigenvalue weighted by atomic mass is 10.0. The molecule has 0 bridgehead atoms. The quantitative estimate of drug-likeness (QED) is 0.665. The van der Waals surface area contributed by atoms with Gasteiger partial charge in [0.1, 0.15) is 17.6 Å². The van der Waals surface area contributed by atoms with Gasteiger partial charge >= 0.3 is 5.69 Å². The van der Waals surface area contributed by atoms with E-state index in [0.717, 1.165) is 0 Å². The van der Waals surface area contributed by atoms with Crippen molar-refractivity contribution in [3.63, 3.8) is 0 Å². The van der Waals surface area contributed by atoms with Crippen molar-refractivity contribution >= 4 is 17.6 Å². The van der Waals surface area contributed by atoms with Crippen molar-refractivity contribution in [1.29, 1.82) is 0 Å². The lowest BCUT2D eigenvalue weighted by Crippen LogP contribution is -2.45.